The molecule has 0 saturated carbocycles. The van der Waals surface area contributed by atoms with E-state index in [1.54, 1.807) is 18.2 Å². The van der Waals surface area contributed by atoms with Crippen LogP contribution in [0.5, 0.6) is 0 Å². The van der Waals surface area contributed by atoms with Gasteiger partial charge in [-0.2, -0.15) is 5.26 Å². The molecule has 0 amide bonds. The molecular formula is C15H14N2O. The third-order valence-corrected chi connectivity index (χ3v) is 2.95. The van der Waals surface area contributed by atoms with E-state index >= 15 is 0 Å². The van der Waals surface area contributed by atoms with Crippen molar-refractivity contribution in [2.45, 2.75) is 20.4 Å². The zero-order valence-corrected chi connectivity index (χ0v) is 10.5. The van der Waals surface area contributed by atoms with Gasteiger partial charge in [0.1, 0.15) is 0 Å². The molecular weight excluding hydrogens is 224 g/mol. The minimum atomic E-state index is 0.0343. The lowest BCUT2D eigenvalue weighted by atomic mass is 10.1. The third-order valence-electron chi connectivity index (χ3n) is 2.95. The lowest BCUT2D eigenvalue weighted by molar-refractivity contribution is 0.728. The smallest absolute Gasteiger partial charge is 0.182 e. The lowest BCUT2D eigenvalue weighted by Gasteiger charge is -2.14. The number of benzene rings is 1. The normalized spacial score (nSPS) is 10.1. The summed E-state index contributed by atoms with van der Waals surface area (Å²) in [6, 6.07) is 12.9. The Morgan fingerprint density at radius 1 is 1.17 bits per heavy atom. The van der Waals surface area contributed by atoms with E-state index in [1.165, 1.54) is 0 Å². The number of nitrogens with zero attached hydrogens (tertiary/aromatic N) is 2. The number of hydrogen-bond acceptors (Lipinski definition) is 2. The molecule has 1 aromatic heterocycles. The summed E-state index contributed by atoms with van der Waals surface area (Å²) in [6.45, 7) is 4.51. The first-order chi connectivity index (χ1) is 8.60. The van der Waals surface area contributed by atoms with Crippen molar-refractivity contribution in [2.75, 3.05) is 0 Å². The van der Waals surface area contributed by atoms with Crippen LogP contribution in [-0.4, -0.2) is 4.57 Å². The van der Waals surface area contributed by atoms with Crippen molar-refractivity contribution < 1.29 is 0 Å². The second-order valence-corrected chi connectivity index (χ2v) is 4.37. The molecule has 0 N–H and O–H groups in total. The van der Waals surface area contributed by atoms with Crippen LogP contribution < -0.4 is 5.43 Å². The topological polar surface area (TPSA) is 45.8 Å². The van der Waals surface area contributed by atoms with Crippen molar-refractivity contribution >= 4 is 0 Å². The average Bonchev–Trinajstić information content (AvgIpc) is 2.34. The first kappa shape index (κ1) is 12.1. The van der Waals surface area contributed by atoms with Gasteiger partial charge in [0.15, 0.2) is 5.43 Å². The maximum Gasteiger partial charge on any atom is 0.182 e. The fraction of sp³-hybridized carbons (Fsp3) is 0.200. The van der Waals surface area contributed by atoms with Crippen molar-refractivity contribution in [3.8, 4) is 6.07 Å². The second kappa shape index (κ2) is 4.89. The molecule has 1 heterocycles. The molecule has 3 heteroatoms. The summed E-state index contributed by atoms with van der Waals surface area (Å²) in [7, 11) is 0. The van der Waals surface area contributed by atoms with E-state index in [4.69, 9.17) is 5.26 Å². The Balaban J connectivity index is 2.40. The van der Waals surface area contributed by atoms with Gasteiger partial charge in [-0.25, -0.2) is 0 Å². The average molecular weight is 238 g/mol. The van der Waals surface area contributed by atoms with Crippen LogP contribution in [0.4, 0.5) is 0 Å². The van der Waals surface area contributed by atoms with Gasteiger partial charge < -0.3 is 4.57 Å². The minimum absolute atomic E-state index is 0.0343. The Bertz CT molecular complexity index is 651. The Labute approximate surface area is 106 Å². The SMILES string of the molecule is Cc1cc(=O)cc(C)n1Cc1cccc(C#N)c1. The number of nitriles is 1. The van der Waals surface area contributed by atoms with Gasteiger partial charge in [0.2, 0.25) is 0 Å². The van der Waals surface area contributed by atoms with Crippen LogP contribution in [0.25, 0.3) is 0 Å². The fourth-order valence-electron chi connectivity index (χ4n) is 2.06. The summed E-state index contributed by atoms with van der Waals surface area (Å²) in [4.78, 5) is 11.4. The summed E-state index contributed by atoms with van der Waals surface area (Å²) in [5.74, 6) is 0. The summed E-state index contributed by atoms with van der Waals surface area (Å²) in [5, 5.41) is 8.88. The highest BCUT2D eigenvalue weighted by Crippen LogP contribution is 2.09. The van der Waals surface area contributed by atoms with Crippen molar-refractivity contribution in [3.63, 3.8) is 0 Å². The minimum Gasteiger partial charge on any atom is -0.345 e. The van der Waals surface area contributed by atoms with Gasteiger partial charge in [-0.15, -0.1) is 0 Å². The van der Waals surface area contributed by atoms with Crippen LogP contribution in [0.1, 0.15) is 22.5 Å². The molecule has 3 nitrogen and oxygen atoms in total. The molecule has 0 unspecified atom stereocenters. The molecule has 0 saturated heterocycles. The summed E-state index contributed by atoms with van der Waals surface area (Å²) >= 11 is 0. The number of rotatable bonds is 2. The quantitative estimate of drug-likeness (QED) is 0.806. The highest BCUT2D eigenvalue weighted by molar-refractivity contribution is 5.33. The molecule has 90 valence electrons. The van der Waals surface area contributed by atoms with E-state index in [2.05, 4.69) is 10.6 Å². The van der Waals surface area contributed by atoms with Crippen molar-refractivity contribution in [1.29, 1.82) is 5.26 Å². The van der Waals surface area contributed by atoms with Gasteiger partial charge in [-0.1, -0.05) is 12.1 Å². The van der Waals surface area contributed by atoms with Gasteiger partial charge >= 0.3 is 0 Å². The summed E-state index contributed by atoms with van der Waals surface area (Å²) in [5.41, 5.74) is 3.62. The molecule has 18 heavy (non-hydrogen) atoms. The lowest BCUT2D eigenvalue weighted by Crippen LogP contribution is -2.13. The monoisotopic (exact) mass is 238 g/mol. The number of aryl methyl sites for hydroxylation is 2. The number of hydrogen-bond donors (Lipinski definition) is 0. The van der Waals surface area contributed by atoms with Gasteiger partial charge in [0.05, 0.1) is 11.6 Å². The zero-order valence-electron chi connectivity index (χ0n) is 10.5. The van der Waals surface area contributed by atoms with Gasteiger partial charge in [-0.3, -0.25) is 4.79 Å². The van der Waals surface area contributed by atoms with Gasteiger partial charge in [0.25, 0.3) is 0 Å². The van der Waals surface area contributed by atoms with E-state index in [1.807, 2.05) is 32.0 Å². The van der Waals surface area contributed by atoms with E-state index in [0.717, 1.165) is 17.0 Å². The van der Waals surface area contributed by atoms with Crippen LogP contribution in [0, 0.1) is 25.2 Å². The molecule has 2 aromatic rings. The first-order valence-corrected chi connectivity index (χ1v) is 5.77. The number of pyridine rings is 1. The van der Waals surface area contributed by atoms with Gasteiger partial charge in [0, 0.05) is 30.1 Å². The molecule has 0 bridgehead atoms. The predicted molar refractivity (Wildman–Crippen MR) is 70.4 cm³/mol. The van der Waals surface area contributed by atoms with Crippen molar-refractivity contribution in [1.82, 2.24) is 4.57 Å². The zero-order chi connectivity index (χ0) is 13.1. The van der Waals surface area contributed by atoms with E-state index in [9.17, 15) is 4.79 Å². The van der Waals surface area contributed by atoms with Crippen LogP contribution in [-0.2, 0) is 6.54 Å². The van der Waals surface area contributed by atoms with E-state index in [-0.39, 0.29) is 5.43 Å². The molecule has 0 atom stereocenters. The Kier molecular flexibility index (Phi) is 3.29. The Morgan fingerprint density at radius 3 is 2.44 bits per heavy atom. The molecule has 0 radical (unpaired) electrons. The van der Waals surface area contributed by atoms with Crippen LogP contribution in [0.2, 0.25) is 0 Å². The molecule has 0 aliphatic rings. The molecule has 0 aliphatic heterocycles. The molecule has 0 spiro atoms. The Morgan fingerprint density at radius 2 is 1.83 bits per heavy atom. The maximum atomic E-state index is 11.4. The summed E-state index contributed by atoms with van der Waals surface area (Å²) in [6.07, 6.45) is 0. The van der Waals surface area contributed by atoms with Crippen LogP contribution in [0.15, 0.2) is 41.2 Å². The second-order valence-electron chi connectivity index (χ2n) is 4.37. The van der Waals surface area contributed by atoms with Gasteiger partial charge in [-0.05, 0) is 31.5 Å². The standard InChI is InChI=1S/C15H14N2O/c1-11-6-15(18)7-12(2)17(11)10-14-5-3-4-13(8-14)9-16/h3-8H,10H2,1-2H3. The fourth-order valence-corrected chi connectivity index (χ4v) is 2.06. The molecule has 0 fully saturated rings. The molecule has 1 aromatic carbocycles. The first-order valence-electron chi connectivity index (χ1n) is 5.77. The number of aromatic nitrogens is 1. The van der Waals surface area contributed by atoms with E-state index in [0.29, 0.717) is 12.1 Å². The van der Waals surface area contributed by atoms with E-state index < -0.39 is 0 Å². The highest BCUT2D eigenvalue weighted by Gasteiger charge is 2.03. The highest BCUT2D eigenvalue weighted by atomic mass is 16.1. The van der Waals surface area contributed by atoms with Crippen molar-refractivity contribution in [2.24, 2.45) is 0 Å². The Hall–Kier alpha value is -2.34. The predicted octanol–water partition coefficient (Wildman–Crippen LogP) is 2.39. The molecule has 0 aliphatic carbocycles. The largest absolute Gasteiger partial charge is 0.345 e. The van der Waals surface area contributed by atoms with Crippen molar-refractivity contribution in [3.05, 3.63) is 69.1 Å². The summed E-state index contributed by atoms with van der Waals surface area (Å²) < 4.78 is 2.07. The maximum absolute atomic E-state index is 11.4. The molecule has 2 rings (SSSR count). The van der Waals surface area contributed by atoms with Crippen LogP contribution >= 0.6 is 0 Å². The van der Waals surface area contributed by atoms with Crippen LogP contribution in [0.3, 0.4) is 0 Å². The third kappa shape index (κ3) is 2.49.